The molecule has 0 amide bonds. The number of hydrogen-bond donors (Lipinski definition) is 3. The van der Waals surface area contributed by atoms with E-state index in [0.29, 0.717) is 0 Å². The highest BCUT2D eigenvalue weighted by molar-refractivity contribution is 5.76. The Morgan fingerprint density at radius 1 is 1.44 bits per heavy atom. The molecule has 18 heavy (non-hydrogen) atoms. The molecule has 0 aliphatic rings. The van der Waals surface area contributed by atoms with E-state index in [1.165, 1.54) is 6.21 Å². The molecule has 0 bridgehead atoms. The summed E-state index contributed by atoms with van der Waals surface area (Å²) in [5.74, 6) is 0. The standard InChI is InChI=1S/C12H20N4.CH4O/c1-16(2)7-3-5-14-10-12-8-11(9-13)4-6-15-12;1-2/h4,6,8-9,13-14H,3,5,7,10H2,1-2H3;2H,1H3. The van der Waals surface area contributed by atoms with Gasteiger partial charge in [-0.05, 0) is 51.3 Å². The minimum atomic E-state index is 0.773. The molecule has 0 unspecified atom stereocenters. The van der Waals surface area contributed by atoms with Crippen LogP contribution in [0.15, 0.2) is 18.3 Å². The zero-order chi connectivity index (χ0) is 13.8. The third-order valence-corrected chi connectivity index (χ3v) is 2.27. The zero-order valence-corrected chi connectivity index (χ0v) is 11.5. The van der Waals surface area contributed by atoms with E-state index in [0.717, 1.165) is 44.4 Å². The summed E-state index contributed by atoms with van der Waals surface area (Å²) < 4.78 is 0. The third kappa shape index (κ3) is 7.89. The van der Waals surface area contributed by atoms with E-state index >= 15 is 0 Å². The smallest absolute Gasteiger partial charge is 0.0548 e. The Morgan fingerprint density at radius 2 is 2.17 bits per heavy atom. The monoisotopic (exact) mass is 252 g/mol. The number of nitrogens with one attached hydrogen (secondary N) is 2. The van der Waals surface area contributed by atoms with E-state index < -0.39 is 0 Å². The van der Waals surface area contributed by atoms with Gasteiger partial charge in [0.1, 0.15) is 0 Å². The van der Waals surface area contributed by atoms with Crippen LogP contribution in [-0.2, 0) is 6.54 Å². The van der Waals surface area contributed by atoms with Crippen molar-refractivity contribution in [2.75, 3.05) is 34.3 Å². The molecule has 0 atom stereocenters. The fourth-order valence-electron chi connectivity index (χ4n) is 1.42. The molecular weight excluding hydrogens is 228 g/mol. The number of pyridine rings is 1. The van der Waals surface area contributed by atoms with Crippen molar-refractivity contribution < 1.29 is 5.11 Å². The third-order valence-electron chi connectivity index (χ3n) is 2.27. The van der Waals surface area contributed by atoms with Crippen LogP contribution < -0.4 is 5.32 Å². The average Bonchev–Trinajstić information content (AvgIpc) is 2.40. The van der Waals surface area contributed by atoms with Gasteiger partial charge in [-0.3, -0.25) is 4.98 Å². The van der Waals surface area contributed by atoms with Crippen LogP contribution >= 0.6 is 0 Å². The van der Waals surface area contributed by atoms with Crippen LogP contribution in [0.4, 0.5) is 0 Å². The summed E-state index contributed by atoms with van der Waals surface area (Å²) >= 11 is 0. The molecule has 1 heterocycles. The molecule has 0 saturated carbocycles. The summed E-state index contributed by atoms with van der Waals surface area (Å²) in [5.41, 5.74) is 1.89. The van der Waals surface area contributed by atoms with Crippen molar-refractivity contribution in [2.24, 2.45) is 0 Å². The van der Waals surface area contributed by atoms with Crippen molar-refractivity contribution in [1.82, 2.24) is 15.2 Å². The SMILES string of the molecule is CN(C)CCCNCc1cc(C=N)ccn1.CO. The van der Waals surface area contributed by atoms with E-state index in [-0.39, 0.29) is 0 Å². The average molecular weight is 252 g/mol. The minimum absolute atomic E-state index is 0.773. The van der Waals surface area contributed by atoms with Crippen LogP contribution in [0.1, 0.15) is 17.7 Å². The Balaban J connectivity index is 0.00000137. The van der Waals surface area contributed by atoms with Gasteiger partial charge in [-0.1, -0.05) is 0 Å². The maximum atomic E-state index is 7.15. The maximum Gasteiger partial charge on any atom is 0.0548 e. The van der Waals surface area contributed by atoms with Gasteiger partial charge in [-0.25, -0.2) is 0 Å². The molecule has 0 fully saturated rings. The normalized spacial score (nSPS) is 9.83. The zero-order valence-electron chi connectivity index (χ0n) is 11.5. The fourth-order valence-corrected chi connectivity index (χ4v) is 1.42. The predicted molar refractivity (Wildman–Crippen MR) is 75.1 cm³/mol. The highest BCUT2D eigenvalue weighted by Gasteiger charge is 1.95. The molecule has 0 radical (unpaired) electrons. The molecule has 1 aromatic rings. The molecule has 0 aromatic carbocycles. The number of aliphatic hydroxyl groups is 1. The quantitative estimate of drug-likeness (QED) is 0.494. The van der Waals surface area contributed by atoms with Crippen molar-refractivity contribution in [3.63, 3.8) is 0 Å². The van der Waals surface area contributed by atoms with Crippen molar-refractivity contribution >= 4 is 6.21 Å². The molecule has 0 saturated heterocycles. The first-order valence-electron chi connectivity index (χ1n) is 5.98. The van der Waals surface area contributed by atoms with E-state index in [4.69, 9.17) is 10.5 Å². The lowest BCUT2D eigenvalue weighted by molar-refractivity contribution is 0.394. The number of aromatic nitrogens is 1. The summed E-state index contributed by atoms with van der Waals surface area (Å²) in [4.78, 5) is 6.42. The number of hydrogen-bond acceptors (Lipinski definition) is 5. The fraction of sp³-hybridized carbons (Fsp3) is 0.538. The minimum Gasteiger partial charge on any atom is -0.400 e. The Kier molecular flexibility index (Phi) is 10.0. The summed E-state index contributed by atoms with van der Waals surface area (Å²) in [7, 11) is 5.16. The summed E-state index contributed by atoms with van der Waals surface area (Å²) in [6.45, 7) is 2.87. The Morgan fingerprint density at radius 3 is 2.78 bits per heavy atom. The maximum absolute atomic E-state index is 7.15. The summed E-state index contributed by atoms with van der Waals surface area (Å²) in [6.07, 6.45) is 4.23. The molecule has 1 aromatic heterocycles. The Hall–Kier alpha value is -1.30. The molecule has 0 aliphatic carbocycles. The van der Waals surface area contributed by atoms with Gasteiger partial charge in [-0.2, -0.15) is 0 Å². The molecule has 1 rings (SSSR count). The van der Waals surface area contributed by atoms with Gasteiger partial charge in [0.05, 0.1) is 5.69 Å². The van der Waals surface area contributed by atoms with Crippen molar-refractivity contribution in [1.29, 1.82) is 5.41 Å². The van der Waals surface area contributed by atoms with Gasteiger partial charge in [0, 0.05) is 26.1 Å². The van der Waals surface area contributed by atoms with Gasteiger partial charge >= 0.3 is 0 Å². The van der Waals surface area contributed by atoms with Gasteiger partial charge < -0.3 is 20.7 Å². The number of nitrogens with zero attached hydrogens (tertiary/aromatic N) is 2. The molecule has 3 N–H and O–H groups in total. The predicted octanol–water partition coefficient (Wildman–Crippen LogP) is 0.729. The lowest BCUT2D eigenvalue weighted by Gasteiger charge is -2.09. The second-order valence-electron chi connectivity index (χ2n) is 4.06. The van der Waals surface area contributed by atoms with Crippen molar-refractivity contribution in [3.8, 4) is 0 Å². The Bertz CT molecular complexity index is 329. The topological polar surface area (TPSA) is 72.2 Å². The van der Waals surface area contributed by atoms with E-state index in [2.05, 4.69) is 29.3 Å². The first-order chi connectivity index (χ1) is 8.72. The second-order valence-corrected chi connectivity index (χ2v) is 4.06. The van der Waals surface area contributed by atoms with Gasteiger partial charge in [0.2, 0.25) is 0 Å². The number of aliphatic hydroxyl groups excluding tert-OH is 1. The van der Waals surface area contributed by atoms with Crippen molar-refractivity contribution in [2.45, 2.75) is 13.0 Å². The second kappa shape index (κ2) is 10.8. The van der Waals surface area contributed by atoms with Crippen LogP contribution in [-0.4, -0.2) is 55.5 Å². The molecule has 5 nitrogen and oxygen atoms in total. The van der Waals surface area contributed by atoms with Crippen LogP contribution in [0, 0.1) is 5.41 Å². The van der Waals surface area contributed by atoms with Crippen LogP contribution in [0.2, 0.25) is 0 Å². The molecule has 5 heteroatoms. The van der Waals surface area contributed by atoms with Crippen LogP contribution in [0.25, 0.3) is 0 Å². The Labute approximate surface area is 109 Å². The first-order valence-corrected chi connectivity index (χ1v) is 5.98. The largest absolute Gasteiger partial charge is 0.400 e. The molecule has 0 spiro atoms. The summed E-state index contributed by atoms with van der Waals surface area (Å²) in [5, 5.41) is 17.5. The van der Waals surface area contributed by atoms with E-state index in [9.17, 15) is 0 Å². The highest BCUT2D eigenvalue weighted by atomic mass is 16.2. The van der Waals surface area contributed by atoms with Crippen LogP contribution in [0.3, 0.4) is 0 Å². The number of rotatable bonds is 7. The van der Waals surface area contributed by atoms with Crippen LogP contribution in [0.5, 0.6) is 0 Å². The molecule has 0 aliphatic heterocycles. The molecular formula is C13H24N4O. The first kappa shape index (κ1) is 16.7. The van der Waals surface area contributed by atoms with E-state index in [1.54, 1.807) is 6.20 Å². The van der Waals surface area contributed by atoms with Crippen molar-refractivity contribution in [3.05, 3.63) is 29.6 Å². The lowest BCUT2D eigenvalue weighted by Crippen LogP contribution is -2.21. The van der Waals surface area contributed by atoms with Gasteiger partial charge in [0.25, 0.3) is 0 Å². The summed E-state index contributed by atoms with van der Waals surface area (Å²) in [6, 6.07) is 3.77. The lowest BCUT2D eigenvalue weighted by atomic mass is 10.2. The van der Waals surface area contributed by atoms with Gasteiger partial charge in [-0.15, -0.1) is 0 Å². The van der Waals surface area contributed by atoms with Gasteiger partial charge in [0.15, 0.2) is 0 Å². The molecule has 102 valence electrons. The van der Waals surface area contributed by atoms with E-state index in [1.807, 2.05) is 12.1 Å². The highest BCUT2D eigenvalue weighted by Crippen LogP contribution is 1.98.